The molecule has 0 amide bonds. The molecule has 0 bridgehead atoms. The van der Waals surface area contributed by atoms with E-state index < -0.39 is 0 Å². The van der Waals surface area contributed by atoms with E-state index in [1.165, 1.54) is 19.3 Å². The van der Waals surface area contributed by atoms with Crippen LogP contribution in [0.5, 0.6) is 0 Å². The Morgan fingerprint density at radius 3 is 1.14 bits per heavy atom. The Hall–Kier alpha value is 1.06. The molecular weight excluding hydrogens is 114 g/mol. The molecule has 0 aliphatic heterocycles. The van der Waals surface area contributed by atoms with E-state index in [2.05, 4.69) is 13.8 Å². The van der Waals surface area contributed by atoms with Crippen molar-refractivity contribution in [2.24, 2.45) is 0 Å². The van der Waals surface area contributed by atoms with Gasteiger partial charge >= 0.3 is 0 Å². The van der Waals surface area contributed by atoms with E-state index in [9.17, 15) is 0 Å². The molecule has 0 aromatic rings. The van der Waals surface area contributed by atoms with Crippen molar-refractivity contribution in [3.05, 3.63) is 0 Å². The number of rotatable bonds is 2. The third-order valence-electron chi connectivity index (χ3n) is 0.707. The van der Waals surface area contributed by atoms with Gasteiger partial charge in [0, 0.05) is 0 Å². The van der Waals surface area contributed by atoms with Crippen LogP contribution in [0.1, 0.15) is 33.1 Å². The fourth-order valence-corrected chi connectivity index (χ4v) is 0.354. The standard InChI is InChI=1S/C5H12.2Al.6H/c1-3-5-4-2;;;;;;;;/h3-5H2,1-2H3;;;;;;;;. The van der Waals surface area contributed by atoms with E-state index in [1.54, 1.807) is 0 Å². The Morgan fingerprint density at radius 2 is 1.14 bits per heavy atom. The average Bonchev–Trinajstić information content (AvgIpc) is 1.41. The van der Waals surface area contributed by atoms with Crippen molar-refractivity contribution in [3.63, 3.8) is 0 Å². The molecule has 0 fully saturated rings. The highest BCUT2D eigenvalue weighted by Crippen LogP contribution is 1.88. The van der Waals surface area contributed by atoms with Crippen LogP contribution in [0.25, 0.3) is 0 Å². The first-order valence-electron chi connectivity index (χ1n) is 2.41. The zero-order chi connectivity index (χ0) is 4.12. The summed E-state index contributed by atoms with van der Waals surface area (Å²) in [6.07, 6.45) is 4.08. The normalized spacial score (nSPS) is 6.00. The highest BCUT2D eigenvalue weighted by molar-refractivity contribution is 5.76. The molecule has 0 nitrogen and oxygen atoms in total. The zero-order valence-corrected chi connectivity index (χ0v) is 4.12. The summed E-state index contributed by atoms with van der Waals surface area (Å²) < 4.78 is 0. The minimum atomic E-state index is 0. The Bertz CT molecular complexity index is 13.6. The smallest absolute Gasteiger partial charge is 0.0654 e. The molecule has 0 heterocycles. The predicted octanol–water partition coefficient (Wildman–Crippen LogP) is -0.171. The van der Waals surface area contributed by atoms with Gasteiger partial charge in [-0.05, 0) is 0 Å². The van der Waals surface area contributed by atoms with Gasteiger partial charge in [0.15, 0.2) is 34.7 Å². The number of unbranched alkanes of at least 4 members (excludes halogenated alkanes) is 2. The molecule has 0 N–H and O–H groups in total. The summed E-state index contributed by atoms with van der Waals surface area (Å²) >= 11 is 0. The lowest BCUT2D eigenvalue weighted by Gasteiger charge is -1.79. The van der Waals surface area contributed by atoms with Gasteiger partial charge in [-0.25, -0.2) is 0 Å². The summed E-state index contributed by atoms with van der Waals surface area (Å²) in [5.74, 6) is 0. The van der Waals surface area contributed by atoms with E-state index in [0.717, 1.165) is 0 Å². The lowest BCUT2D eigenvalue weighted by atomic mass is 10.3. The maximum Gasteiger partial charge on any atom is 0.187 e. The van der Waals surface area contributed by atoms with E-state index in [-0.39, 0.29) is 34.7 Å². The molecule has 0 saturated heterocycles. The highest BCUT2D eigenvalue weighted by atomic mass is 27.0. The van der Waals surface area contributed by atoms with Gasteiger partial charge in [0.25, 0.3) is 0 Å². The summed E-state index contributed by atoms with van der Waals surface area (Å²) in [7, 11) is 0. The van der Waals surface area contributed by atoms with Crippen LogP contribution in [0, 0.1) is 0 Å². The summed E-state index contributed by atoms with van der Waals surface area (Å²) in [4.78, 5) is 0. The van der Waals surface area contributed by atoms with E-state index in [1.807, 2.05) is 0 Å². The van der Waals surface area contributed by atoms with E-state index in [4.69, 9.17) is 0 Å². The van der Waals surface area contributed by atoms with Gasteiger partial charge in [-0.15, -0.1) is 0 Å². The van der Waals surface area contributed by atoms with Crippen LogP contribution in [-0.4, -0.2) is 34.7 Å². The first-order valence-corrected chi connectivity index (χ1v) is 2.41. The number of hydrogen-bond acceptors (Lipinski definition) is 0. The molecule has 2 heteroatoms. The summed E-state index contributed by atoms with van der Waals surface area (Å²) in [6, 6.07) is 0. The van der Waals surface area contributed by atoms with Crippen molar-refractivity contribution in [3.8, 4) is 0 Å². The lowest BCUT2D eigenvalue weighted by molar-refractivity contribution is 0.772. The van der Waals surface area contributed by atoms with Crippen molar-refractivity contribution < 1.29 is 0 Å². The third-order valence-corrected chi connectivity index (χ3v) is 0.707. The van der Waals surface area contributed by atoms with Gasteiger partial charge in [-0.2, -0.15) is 0 Å². The van der Waals surface area contributed by atoms with Crippen molar-refractivity contribution in [1.29, 1.82) is 0 Å². The Labute approximate surface area is 67.9 Å². The van der Waals surface area contributed by atoms with E-state index in [0.29, 0.717) is 0 Å². The second-order valence-corrected chi connectivity index (χ2v) is 1.35. The molecule has 0 atom stereocenters. The first-order chi connectivity index (χ1) is 2.41. The quantitative estimate of drug-likeness (QED) is 0.457. The van der Waals surface area contributed by atoms with Crippen molar-refractivity contribution in [2.45, 2.75) is 33.1 Å². The minimum Gasteiger partial charge on any atom is -0.0654 e. The van der Waals surface area contributed by atoms with Crippen LogP contribution >= 0.6 is 0 Å². The molecule has 7 heavy (non-hydrogen) atoms. The van der Waals surface area contributed by atoms with Gasteiger partial charge in [-0.3, -0.25) is 0 Å². The van der Waals surface area contributed by atoms with Gasteiger partial charge in [0.05, 0.1) is 0 Å². The summed E-state index contributed by atoms with van der Waals surface area (Å²) in [5.41, 5.74) is 0. The van der Waals surface area contributed by atoms with Gasteiger partial charge in [0.2, 0.25) is 0 Å². The van der Waals surface area contributed by atoms with Crippen LogP contribution in [0.3, 0.4) is 0 Å². The molecule has 0 aromatic carbocycles. The van der Waals surface area contributed by atoms with Crippen molar-refractivity contribution in [1.82, 2.24) is 0 Å². The van der Waals surface area contributed by atoms with Crippen LogP contribution in [0.4, 0.5) is 0 Å². The fraction of sp³-hybridized carbons (Fsp3) is 1.00. The lowest BCUT2D eigenvalue weighted by Crippen LogP contribution is -1.59. The molecule has 0 saturated carbocycles. The maximum absolute atomic E-state index is 2.21. The molecule has 0 spiro atoms. The topological polar surface area (TPSA) is 0 Å². The van der Waals surface area contributed by atoms with Gasteiger partial charge < -0.3 is 0 Å². The van der Waals surface area contributed by atoms with Crippen LogP contribution in [0.2, 0.25) is 0 Å². The summed E-state index contributed by atoms with van der Waals surface area (Å²) in [6.45, 7) is 4.42. The van der Waals surface area contributed by atoms with Gasteiger partial charge in [-0.1, -0.05) is 33.1 Å². The second-order valence-electron chi connectivity index (χ2n) is 1.35. The second kappa shape index (κ2) is 15.7. The minimum absolute atomic E-state index is 0. The SMILES string of the molecule is CCCCC.[AlH3].[AlH3]. The van der Waals surface area contributed by atoms with Crippen LogP contribution < -0.4 is 0 Å². The predicted molar refractivity (Wildman–Crippen MR) is 45.1 cm³/mol. The third kappa shape index (κ3) is 19.3. The van der Waals surface area contributed by atoms with Crippen LogP contribution in [0.15, 0.2) is 0 Å². The first kappa shape index (κ1) is 15.7. The van der Waals surface area contributed by atoms with Crippen molar-refractivity contribution >= 4 is 34.7 Å². The Morgan fingerprint density at radius 1 is 0.857 bits per heavy atom. The summed E-state index contributed by atoms with van der Waals surface area (Å²) in [5, 5.41) is 0. The molecule has 0 rings (SSSR count). The average molecular weight is 132 g/mol. The molecular formula is C5H18Al2. The fourth-order valence-electron chi connectivity index (χ4n) is 0.354. The van der Waals surface area contributed by atoms with Crippen molar-refractivity contribution in [2.75, 3.05) is 0 Å². The zero-order valence-electron chi connectivity index (χ0n) is 4.12. The molecule has 0 aliphatic rings. The number of hydrogen-bond donors (Lipinski definition) is 0. The largest absolute Gasteiger partial charge is 0.187 e. The Balaban J connectivity index is -0.0000000800. The van der Waals surface area contributed by atoms with E-state index >= 15 is 0 Å². The molecule has 44 valence electrons. The monoisotopic (exact) mass is 132 g/mol. The molecule has 0 aromatic heterocycles. The highest BCUT2D eigenvalue weighted by Gasteiger charge is 1.68. The van der Waals surface area contributed by atoms with Gasteiger partial charge in [0.1, 0.15) is 0 Å². The molecule has 0 radical (unpaired) electrons. The Kier molecular flexibility index (Phi) is 35.3. The maximum atomic E-state index is 2.21. The van der Waals surface area contributed by atoms with Crippen LogP contribution in [-0.2, 0) is 0 Å². The molecule has 0 unspecified atom stereocenters. The molecule has 0 aliphatic carbocycles.